The Bertz CT molecular complexity index is 442. The molecule has 1 N–H and O–H groups in total. The van der Waals surface area contributed by atoms with Gasteiger partial charge in [0.1, 0.15) is 5.76 Å². The minimum Gasteiger partial charge on any atom is -0.467 e. The first-order valence-electron chi connectivity index (χ1n) is 5.93. The monoisotopic (exact) mass is 270 g/mol. The van der Waals surface area contributed by atoms with E-state index in [1.54, 1.807) is 17.2 Å². The van der Waals surface area contributed by atoms with Gasteiger partial charge in [-0.2, -0.15) is 0 Å². The maximum absolute atomic E-state index is 12.0. The fourth-order valence-corrected chi connectivity index (χ4v) is 3.18. The predicted octanol–water partition coefficient (Wildman–Crippen LogP) is 1.33. The summed E-state index contributed by atoms with van der Waals surface area (Å²) < 4.78 is 16.6. The van der Waals surface area contributed by atoms with Crippen LogP contribution in [-0.2, 0) is 17.3 Å². The summed E-state index contributed by atoms with van der Waals surface area (Å²) in [4.78, 5) is 13.7. The lowest BCUT2D eigenvalue weighted by Gasteiger charge is -2.37. The highest BCUT2D eigenvalue weighted by atomic mass is 32.2. The summed E-state index contributed by atoms with van der Waals surface area (Å²) in [6, 6.07) is 3.47. The number of nitrogens with one attached hydrogen (secondary N) is 1. The van der Waals surface area contributed by atoms with Gasteiger partial charge in [0.2, 0.25) is 0 Å². The molecule has 6 heteroatoms. The molecule has 5 nitrogen and oxygen atoms in total. The van der Waals surface area contributed by atoms with Crippen LogP contribution in [0.4, 0.5) is 4.79 Å². The zero-order valence-electron chi connectivity index (χ0n) is 10.6. The van der Waals surface area contributed by atoms with Gasteiger partial charge in [0.15, 0.2) is 0 Å². The van der Waals surface area contributed by atoms with E-state index in [1.165, 1.54) is 0 Å². The largest absolute Gasteiger partial charge is 0.467 e. The normalized spacial score (nSPS) is 22.8. The molecular weight excluding hydrogens is 252 g/mol. The Kier molecular flexibility index (Phi) is 3.75. The number of furan rings is 1. The Morgan fingerprint density at radius 2 is 2.39 bits per heavy atom. The average Bonchev–Trinajstić information content (AvgIpc) is 2.82. The number of carbonyl (C=O) groups is 1. The highest BCUT2D eigenvalue weighted by Gasteiger charge is 2.35. The van der Waals surface area contributed by atoms with E-state index in [9.17, 15) is 9.00 Å². The van der Waals surface area contributed by atoms with Gasteiger partial charge in [-0.25, -0.2) is 4.79 Å². The fourth-order valence-electron chi connectivity index (χ4n) is 1.94. The van der Waals surface area contributed by atoms with Crippen molar-refractivity contribution in [2.75, 3.05) is 18.8 Å². The third kappa shape index (κ3) is 2.93. The first kappa shape index (κ1) is 13.1. The Balaban J connectivity index is 1.88. The summed E-state index contributed by atoms with van der Waals surface area (Å²) in [5.41, 5.74) is 0. The minimum absolute atomic E-state index is 0.129. The summed E-state index contributed by atoms with van der Waals surface area (Å²) >= 11 is 0. The SMILES string of the molecule is CC1(C)CN(C(=O)NCc2ccco2)CC[S@]1=O. The second kappa shape index (κ2) is 5.14. The van der Waals surface area contributed by atoms with Crippen molar-refractivity contribution >= 4 is 16.8 Å². The molecule has 2 heterocycles. The maximum Gasteiger partial charge on any atom is 0.317 e. The molecule has 0 unspecified atom stereocenters. The van der Waals surface area contributed by atoms with E-state index in [1.807, 2.05) is 19.9 Å². The quantitative estimate of drug-likeness (QED) is 0.882. The number of nitrogens with zero attached hydrogens (tertiary/aromatic N) is 1. The van der Waals surface area contributed by atoms with Crippen LogP contribution in [0.15, 0.2) is 22.8 Å². The second-order valence-corrected chi connectivity index (χ2v) is 7.17. The first-order chi connectivity index (χ1) is 8.49. The predicted molar refractivity (Wildman–Crippen MR) is 69.6 cm³/mol. The molecular formula is C12H18N2O3S. The lowest BCUT2D eigenvalue weighted by molar-refractivity contribution is 0.192. The van der Waals surface area contributed by atoms with Gasteiger partial charge >= 0.3 is 6.03 Å². The van der Waals surface area contributed by atoms with Crippen molar-refractivity contribution in [3.8, 4) is 0 Å². The molecule has 1 aromatic heterocycles. The number of rotatable bonds is 2. The molecule has 0 aromatic carbocycles. The van der Waals surface area contributed by atoms with Crippen molar-refractivity contribution < 1.29 is 13.4 Å². The van der Waals surface area contributed by atoms with Gasteiger partial charge in [0.05, 0.1) is 17.6 Å². The van der Waals surface area contributed by atoms with E-state index in [4.69, 9.17) is 4.42 Å². The van der Waals surface area contributed by atoms with Crippen molar-refractivity contribution in [2.45, 2.75) is 25.1 Å². The van der Waals surface area contributed by atoms with Crippen LogP contribution in [-0.4, -0.2) is 38.7 Å². The van der Waals surface area contributed by atoms with Crippen LogP contribution in [0.5, 0.6) is 0 Å². The fraction of sp³-hybridized carbons (Fsp3) is 0.583. The number of carbonyl (C=O) groups excluding carboxylic acids is 1. The molecule has 1 atom stereocenters. The Morgan fingerprint density at radius 1 is 1.61 bits per heavy atom. The smallest absolute Gasteiger partial charge is 0.317 e. The van der Waals surface area contributed by atoms with Crippen molar-refractivity contribution in [3.63, 3.8) is 0 Å². The van der Waals surface area contributed by atoms with Crippen LogP contribution in [0.3, 0.4) is 0 Å². The zero-order chi connectivity index (χ0) is 13.2. The molecule has 0 saturated carbocycles. The molecule has 1 aliphatic heterocycles. The van der Waals surface area contributed by atoms with Crippen molar-refractivity contribution in [3.05, 3.63) is 24.2 Å². The zero-order valence-corrected chi connectivity index (χ0v) is 11.5. The van der Waals surface area contributed by atoms with Gasteiger partial charge in [0, 0.05) is 29.6 Å². The van der Waals surface area contributed by atoms with Crippen LogP contribution < -0.4 is 5.32 Å². The number of amides is 2. The Hall–Kier alpha value is -1.30. The molecule has 0 aliphatic carbocycles. The van der Waals surface area contributed by atoms with Crippen molar-refractivity contribution in [2.24, 2.45) is 0 Å². The van der Waals surface area contributed by atoms with E-state index < -0.39 is 10.8 Å². The van der Waals surface area contributed by atoms with Gasteiger partial charge in [-0.3, -0.25) is 4.21 Å². The van der Waals surface area contributed by atoms with Gasteiger partial charge in [-0.15, -0.1) is 0 Å². The highest BCUT2D eigenvalue weighted by Crippen LogP contribution is 2.20. The second-order valence-electron chi connectivity index (χ2n) is 4.97. The molecule has 18 heavy (non-hydrogen) atoms. The minimum atomic E-state index is -0.861. The molecule has 1 aliphatic rings. The third-order valence-corrected chi connectivity index (χ3v) is 4.93. The van der Waals surface area contributed by atoms with Crippen LogP contribution in [0.2, 0.25) is 0 Å². The third-order valence-electron chi connectivity index (χ3n) is 3.02. The molecule has 1 aromatic rings. The number of hydrogen-bond donors (Lipinski definition) is 1. The molecule has 1 saturated heterocycles. The lowest BCUT2D eigenvalue weighted by Crippen LogP contribution is -2.54. The van der Waals surface area contributed by atoms with Gasteiger partial charge in [-0.1, -0.05) is 0 Å². The Morgan fingerprint density at radius 3 is 3.00 bits per heavy atom. The van der Waals surface area contributed by atoms with E-state index in [-0.39, 0.29) is 10.8 Å². The number of hydrogen-bond acceptors (Lipinski definition) is 3. The first-order valence-corrected chi connectivity index (χ1v) is 7.24. The summed E-state index contributed by atoms with van der Waals surface area (Å²) in [5.74, 6) is 1.27. The van der Waals surface area contributed by atoms with Crippen LogP contribution >= 0.6 is 0 Å². The number of urea groups is 1. The standard InChI is InChI=1S/C12H18N2O3S/c1-12(2)9-14(5-7-18(12)16)11(15)13-8-10-4-3-6-17-10/h3-4,6H,5,7-9H2,1-2H3,(H,13,15)/t18-/m1/s1. The Labute approximate surface area is 109 Å². The maximum atomic E-state index is 12.0. The van der Waals surface area contributed by atoms with Crippen molar-refractivity contribution in [1.82, 2.24) is 10.2 Å². The van der Waals surface area contributed by atoms with Gasteiger partial charge in [-0.05, 0) is 26.0 Å². The highest BCUT2D eigenvalue weighted by molar-refractivity contribution is 7.86. The van der Waals surface area contributed by atoms with Crippen LogP contribution in [0.25, 0.3) is 0 Å². The average molecular weight is 270 g/mol. The summed E-state index contributed by atoms with van der Waals surface area (Å²) in [5, 5.41) is 2.80. The molecule has 0 bridgehead atoms. The lowest BCUT2D eigenvalue weighted by atomic mass is 10.2. The molecule has 100 valence electrons. The molecule has 0 radical (unpaired) electrons. The topological polar surface area (TPSA) is 62.6 Å². The summed E-state index contributed by atoms with van der Waals surface area (Å²) in [6.45, 7) is 5.29. The van der Waals surface area contributed by atoms with E-state index >= 15 is 0 Å². The summed E-state index contributed by atoms with van der Waals surface area (Å²) in [7, 11) is -0.861. The molecule has 2 amide bonds. The van der Waals surface area contributed by atoms with E-state index in [2.05, 4.69) is 5.32 Å². The van der Waals surface area contributed by atoms with E-state index in [0.29, 0.717) is 25.4 Å². The molecule has 1 fully saturated rings. The molecule has 2 rings (SSSR count). The van der Waals surface area contributed by atoms with Crippen molar-refractivity contribution in [1.29, 1.82) is 0 Å². The van der Waals surface area contributed by atoms with Crippen LogP contribution in [0.1, 0.15) is 19.6 Å². The summed E-state index contributed by atoms with van der Waals surface area (Å²) in [6.07, 6.45) is 1.58. The van der Waals surface area contributed by atoms with E-state index in [0.717, 1.165) is 5.76 Å². The van der Waals surface area contributed by atoms with Gasteiger partial charge in [0.25, 0.3) is 0 Å². The van der Waals surface area contributed by atoms with Gasteiger partial charge < -0.3 is 14.6 Å². The molecule has 0 spiro atoms. The van der Waals surface area contributed by atoms with Crippen LogP contribution in [0, 0.1) is 0 Å².